The van der Waals surface area contributed by atoms with E-state index < -0.39 is 0 Å². The number of likely N-dealkylation sites (tertiary alicyclic amines) is 1. The Morgan fingerprint density at radius 2 is 1.96 bits per heavy atom. The summed E-state index contributed by atoms with van der Waals surface area (Å²) in [6.45, 7) is 2.98. The third-order valence-corrected chi connectivity index (χ3v) is 4.56. The molecule has 0 N–H and O–H groups in total. The number of para-hydroxylation sites is 1. The van der Waals surface area contributed by atoms with Gasteiger partial charge in [-0.3, -0.25) is 4.90 Å². The van der Waals surface area contributed by atoms with Crippen molar-refractivity contribution in [2.24, 2.45) is 0 Å². The Kier molecular flexibility index (Phi) is 5.20. The maximum atomic E-state index is 5.59. The van der Waals surface area contributed by atoms with Gasteiger partial charge in [0, 0.05) is 36.8 Å². The maximum absolute atomic E-state index is 5.59. The molecule has 128 valence electrons. The third kappa shape index (κ3) is 3.46. The van der Waals surface area contributed by atoms with Crippen LogP contribution in [0.25, 0.3) is 0 Å². The van der Waals surface area contributed by atoms with Crippen LogP contribution in [0.1, 0.15) is 23.5 Å². The van der Waals surface area contributed by atoms with Gasteiger partial charge in [-0.1, -0.05) is 18.2 Å². The highest BCUT2D eigenvalue weighted by Gasteiger charge is 2.27. The van der Waals surface area contributed by atoms with E-state index in [4.69, 9.17) is 14.2 Å². The molecule has 0 aliphatic carbocycles. The molecule has 1 atom stereocenters. The Bertz CT molecular complexity index is 673. The number of hydrogen-bond donors (Lipinski definition) is 0. The topological polar surface area (TPSA) is 43.8 Å². The molecule has 5 heteroatoms. The predicted molar refractivity (Wildman–Crippen MR) is 93.0 cm³/mol. The fourth-order valence-corrected chi connectivity index (χ4v) is 3.35. The van der Waals surface area contributed by atoms with Crippen molar-refractivity contribution in [3.63, 3.8) is 0 Å². The van der Waals surface area contributed by atoms with Crippen LogP contribution >= 0.6 is 0 Å². The molecule has 1 aliphatic heterocycles. The number of pyridine rings is 1. The molecule has 5 nitrogen and oxygen atoms in total. The maximum Gasteiger partial charge on any atom is 0.212 e. The Morgan fingerprint density at radius 3 is 2.62 bits per heavy atom. The summed E-state index contributed by atoms with van der Waals surface area (Å²) in [5, 5.41) is 0. The Morgan fingerprint density at radius 1 is 1.08 bits per heavy atom. The van der Waals surface area contributed by atoms with Crippen LogP contribution in [0.3, 0.4) is 0 Å². The molecule has 0 unspecified atom stereocenters. The van der Waals surface area contributed by atoms with Gasteiger partial charge in [0.25, 0.3) is 0 Å². The quantitative estimate of drug-likeness (QED) is 0.815. The first kappa shape index (κ1) is 16.6. The highest BCUT2D eigenvalue weighted by Crippen LogP contribution is 2.39. The van der Waals surface area contributed by atoms with Crippen LogP contribution in [-0.2, 0) is 6.54 Å². The summed E-state index contributed by atoms with van der Waals surface area (Å²) in [5.74, 6) is 2.77. The van der Waals surface area contributed by atoms with Crippen LogP contribution in [0.5, 0.6) is 17.4 Å². The SMILES string of the molecule is COc1ccc(CN2CC[C@@H](c3cccc(OC)c3OC)C2)cn1. The number of hydrogen-bond acceptors (Lipinski definition) is 5. The minimum absolute atomic E-state index is 0.459. The van der Waals surface area contributed by atoms with E-state index in [1.54, 1.807) is 21.3 Å². The molecule has 1 fully saturated rings. The Labute approximate surface area is 143 Å². The summed E-state index contributed by atoms with van der Waals surface area (Å²) in [4.78, 5) is 6.73. The molecule has 0 radical (unpaired) electrons. The average molecular weight is 328 g/mol. The first-order valence-electron chi connectivity index (χ1n) is 8.17. The molecular formula is C19H24N2O3. The minimum atomic E-state index is 0.459. The first-order chi connectivity index (χ1) is 11.7. The second-order valence-corrected chi connectivity index (χ2v) is 6.01. The summed E-state index contributed by atoms with van der Waals surface area (Å²) >= 11 is 0. The molecule has 0 spiro atoms. The number of benzene rings is 1. The number of methoxy groups -OCH3 is 3. The highest BCUT2D eigenvalue weighted by atomic mass is 16.5. The van der Waals surface area contributed by atoms with Gasteiger partial charge in [0.05, 0.1) is 21.3 Å². The molecule has 1 aromatic carbocycles. The first-order valence-corrected chi connectivity index (χ1v) is 8.17. The number of ether oxygens (including phenoxy) is 3. The molecule has 1 saturated heterocycles. The number of rotatable bonds is 6. The lowest BCUT2D eigenvalue weighted by Gasteiger charge is -2.19. The van der Waals surface area contributed by atoms with Crippen molar-refractivity contribution in [2.45, 2.75) is 18.9 Å². The van der Waals surface area contributed by atoms with Crippen molar-refractivity contribution in [1.82, 2.24) is 9.88 Å². The zero-order valence-corrected chi connectivity index (χ0v) is 14.5. The normalized spacial score (nSPS) is 17.7. The molecular weight excluding hydrogens is 304 g/mol. The van der Waals surface area contributed by atoms with E-state index in [0.717, 1.165) is 37.6 Å². The third-order valence-electron chi connectivity index (χ3n) is 4.56. The van der Waals surface area contributed by atoms with Gasteiger partial charge < -0.3 is 14.2 Å². The van der Waals surface area contributed by atoms with Gasteiger partial charge in [-0.25, -0.2) is 4.98 Å². The molecule has 2 heterocycles. The van der Waals surface area contributed by atoms with Crippen molar-refractivity contribution in [3.05, 3.63) is 47.7 Å². The summed E-state index contributed by atoms with van der Waals surface area (Å²) < 4.78 is 16.1. The highest BCUT2D eigenvalue weighted by molar-refractivity contribution is 5.48. The number of aromatic nitrogens is 1. The van der Waals surface area contributed by atoms with E-state index in [-0.39, 0.29) is 0 Å². The van der Waals surface area contributed by atoms with Crippen molar-refractivity contribution < 1.29 is 14.2 Å². The standard InChI is InChI=1S/C19H24N2O3/c1-22-17-6-4-5-16(19(17)24-3)15-9-10-21(13-15)12-14-7-8-18(23-2)20-11-14/h4-8,11,15H,9-10,12-13H2,1-3H3/t15-/m1/s1. The van der Waals surface area contributed by atoms with Gasteiger partial charge in [0.1, 0.15) is 0 Å². The van der Waals surface area contributed by atoms with Crippen LogP contribution in [0.2, 0.25) is 0 Å². The largest absolute Gasteiger partial charge is 0.493 e. The van der Waals surface area contributed by atoms with Crippen molar-refractivity contribution in [3.8, 4) is 17.4 Å². The van der Waals surface area contributed by atoms with E-state index >= 15 is 0 Å². The van der Waals surface area contributed by atoms with Crippen molar-refractivity contribution >= 4 is 0 Å². The van der Waals surface area contributed by atoms with Gasteiger partial charge in [0.15, 0.2) is 11.5 Å². The molecule has 0 bridgehead atoms. The zero-order valence-electron chi connectivity index (χ0n) is 14.5. The van der Waals surface area contributed by atoms with Gasteiger partial charge in [0.2, 0.25) is 5.88 Å². The van der Waals surface area contributed by atoms with Crippen LogP contribution < -0.4 is 14.2 Å². The molecule has 0 amide bonds. The average Bonchev–Trinajstić information content (AvgIpc) is 3.09. The van der Waals surface area contributed by atoms with E-state index in [1.807, 2.05) is 24.4 Å². The van der Waals surface area contributed by atoms with E-state index in [0.29, 0.717) is 11.8 Å². The van der Waals surface area contributed by atoms with Gasteiger partial charge in [-0.2, -0.15) is 0 Å². The van der Waals surface area contributed by atoms with E-state index in [9.17, 15) is 0 Å². The predicted octanol–water partition coefficient (Wildman–Crippen LogP) is 3.10. The molecule has 1 aromatic heterocycles. The van der Waals surface area contributed by atoms with Gasteiger partial charge in [-0.05, 0) is 24.6 Å². The number of nitrogens with zero attached hydrogens (tertiary/aromatic N) is 2. The molecule has 2 aromatic rings. The van der Waals surface area contributed by atoms with E-state index in [2.05, 4.69) is 22.0 Å². The van der Waals surface area contributed by atoms with Crippen LogP contribution in [-0.4, -0.2) is 44.3 Å². The summed E-state index contributed by atoms with van der Waals surface area (Å²) in [5.41, 5.74) is 2.43. The summed E-state index contributed by atoms with van der Waals surface area (Å²) in [7, 11) is 5.02. The summed E-state index contributed by atoms with van der Waals surface area (Å²) in [6.07, 6.45) is 3.01. The van der Waals surface area contributed by atoms with E-state index in [1.165, 1.54) is 11.1 Å². The fourth-order valence-electron chi connectivity index (χ4n) is 3.35. The Balaban J connectivity index is 1.69. The summed E-state index contributed by atoms with van der Waals surface area (Å²) in [6, 6.07) is 10.1. The second-order valence-electron chi connectivity index (χ2n) is 6.01. The second kappa shape index (κ2) is 7.53. The molecule has 24 heavy (non-hydrogen) atoms. The van der Waals surface area contributed by atoms with Crippen molar-refractivity contribution in [1.29, 1.82) is 0 Å². The smallest absolute Gasteiger partial charge is 0.212 e. The fraction of sp³-hybridized carbons (Fsp3) is 0.421. The van der Waals surface area contributed by atoms with Crippen LogP contribution in [0.15, 0.2) is 36.5 Å². The molecule has 3 rings (SSSR count). The zero-order chi connectivity index (χ0) is 16.9. The lowest BCUT2D eigenvalue weighted by molar-refractivity contribution is 0.322. The lowest BCUT2D eigenvalue weighted by Crippen LogP contribution is -2.20. The van der Waals surface area contributed by atoms with Crippen LogP contribution in [0, 0.1) is 0 Å². The lowest BCUT2D eigenvalue weighted by atomic mass is 9.97. The molecule has 0 saturated carbocycles. The van der Waals surface area contributed by atoms with Crippen LogP contribution in [0.4, 0.5) is 0 Å². The minimum Gasteiger partial charge on any atom is -0.493 e. The van der Waals surface area contributed by atoms with Crippen molar-refractivity contribution in [2.75, 3.05) is 34.4 Å². The van der Waals surface area contributed by atoms with Gasteiger partial charge in [-0.15, -0.1) is 0 Å². The van der Waals surface area contributed by atoms with Gasteiger partial charge >= 0.3 is 0 Å². The molecule has 1 aliphatic rings. The Hall–Kier alpha value is -2.27. The monoisotopic (exact) mass is 328 g/mol.